The molecule has 1 N–H and O–H groups in total. The minimum absolute atomic E-state index is 0.0145. The molecule has 1 fully saturated rings. The van der Waals surface area contributed by atoms with Gasteiger partial charge in [-0.05, 0) is 38.2 Å². The van der Waals surface area contributed by atoms with Crippen molar-refractivity contribution in [1.29, 1.82) is 0 Å². The van der Waals surface area contributed by atoms with E-state index in [9.17, 15) is 14.7 Å². The number of rotatable bonds is 6. The molecule has 3 atom stereocenters. The van der Waals surface area contributed by atoms with Gasteiger partial charge in [-0.15, -0.1) is 0 Å². The molecular formula is C14H25NO3S. The van der Waals surface area contributed by atoms with E-state index in [2.05, 4.69) is 6.26 Å². The summed E-state index contributed by atoms with van der Waals surface area (Å²) in [6.45, 7) is 2.03. The van der Waals surface area contributed by atoms with Crippen LogP contribution in [0.4, 0.5) is 0 Å². The van der Waals surface area contributed by atoms with Crippen LogP contribution >= 0.6 is 11.8 Å². The van der Waals surface area contributed by atoms with Crippen LogP contribution < -0.4 is 0 Å². The lowest BCUT2D eigenvalue weighted by atomic mass is 9.78. The highest BCUT2D eigenvalue weighted by Crippen LogP contribution is 2.32. The van der Waals surface area contributed by atoms with Gasteiger partial charge in [-0.25, -0.2) is 0 Å². The zero-order chi connectivity index (χ0) is 14.4. The van der Waals surface area contributed by atoms with Gasteiger partial charge in [0.05, 0.1) is 11.8 Å². The lowest BCUT2D eigenvalue weighted by molar-refractivity contribution is -0.152. The Hall–Kier alpha value is -0.710. The predicted molar refractivity (Wildman–Crippen MR) is 78.3 cm³/mol. The molecule has 1 saturated carbocycles. The van der Waals surface area contributed by atoms with Gasteiger partial charge in [0.1, 0.15) is 0 Å². The average molecular weight is 287 g/mol. The van der Waals surface area contributed by atoms with Crippen molar-refractivity contribution in [3.63, 3.8) is 0 Å². The third-order valence-electron chi connectivity index (χ3n) is 4.15. The highest BCUT2D eigenvalue weighted by molar-refractivity contribution is 7.98. The molecule has 110 valence electrons. The maximum Gasteiger partial charge on any atom is 0.307 e. The molecule has 1 aliphatic carbocycles. The lowest BCUT2D eigenvalue weighted by Crippen LogP contribution is -2.44. The summed E-state index contributed by atoms with van der Waals surface area (Å²) >= 11 is 1.77. The van der Waals surface area contributed by atoms with E-state index in [1.54, 1.807) is 23.7 Å². The van der Waals surface area contributed by atoms with E-state index >= 15 is 0 Å². The molecule has 1 aliphatic rings. The molecule has 4 nitrogen and oxygen atoms in total. The number of nitrogens with zero attached hydrogens (tertiary/aromatic N) is 1. The van der Waals surface area contributed by atoms with E-state index in [-0.39, 0.29) is 17.9 Å². The van der Waals surface area contributed by atoms with Crippen molar-refractivity contribution in [2.24, 2.45) is 11.8 Å². The van der Waals surface area contributed by atoms with Gasteiger partial charge in [0, 0.05) is 13.1 Å². The molecule has 0 bridgehead atoms. The Balaban J connectivity index is 2.65. The Morgan fingerprint density at radius 3 is 2.42 bits per heavy atom. The van der Waals surface area contributed by atoms with Crippen LogP contribution in [0.15, 0.2) is 0 Å². The molecule has 0 aromatic heterocycles. The van der Waals surface area contributed by atoms with E-state index in [1.807, 2.05) is 6.92 Å². The molecule has 1 unspecified atom stereocenters. The Morgan fingerprint density at radius 1 is 1.32 bits per heavy atom. The maximum absolute atomic E-state index is 12.5. The largest absolute Gasteiger partial charge is 0.481 e. The number of carboxylic acids is 1. The Morgan fingerprint density at radius 2 is 1.89 bits per heavy atom. The van der Waals surface area contributed by atoms with Gasteiger partial charge in [-0.1, -0.05) is 12.8 Å². The number of hydrogen-bond donors (Lipinski definition) is 1. The summed E-state index contributed by atoms with van der Waals surface area (Å²) in [5.74, 6) is -0.598. The fraction of sp³-hybridized carbons (Fsp3) is 0.857. The molecule has 1 rings (SSSR count). The fourth-order valence-corrected chi connectivity index (χ4v) is 3.26. The minimum atomic E-state index is -0.816. The predicted octanol–water partition coefficient (Wildman–Crippen LogP) is 2.48. The first-order chi connectivity index (χ1) is 8.99. The Kier molecular flexibility index (Phi) is 6.69. The summed E-state index contributed by atoms with van der Waals surface area (Å²) < 4.78 is 0. The van der Waals surface area contributed by atoms with E-state index < -0.39 is 11.9 Å². The van der Waals surface area contributed by atoms with Gasteiger partial charge < -0.3 is 10.0 Å². The van der Waals surface area contributed by atoms with Gasteiger partial charge in [0.25, 0.3) is 0 Å². The van der Waals surface area contributed by atoms with Crippen LogP contribution in [0.5, 0.6) is 0 Å². The van der Waals surface area contributed by atoms with Gasteiger partial charge in [-0.3, -0.25) is 9.59 Å². The third-order valence-corrected chi connectivity index (χ3v) is 4.79. The van der Waals surface area contributed by atoms with Gasteiger partial charge in [0.2, 0.25) is 5.91 Å². The summed E-state index contributed by atoms with van der Waals surface area (Å²) in [6.07, 6.45) is 6.25. The second-order valence-corrected chi connectivity index (χ2v) is 6.40. The topological polar surface area (TPSA) is 57.6 Å². The van der Waals surface area contributed by atoms with Crippen molar-refractivity contribution in [2.75, 3.05) is 19.1 Å². The van der Waals surface area contributed by atoms with Crippen LogP contribution in [0.3, 0.4) is 0 Å². The van der Waals surface area contributed by atoms with Crippen molar-refractivity contribution in [3.8, 4) is 0 Å². The molecular weight excluding hydrogens is 262 g/mol. The average Bonchev–Trinajstić information content (AvgIpc) is 2.42. The van der Waals surface area contributed by atoms with Gasteiger partial charge in [-0.2, -0.15) is 11.8 Å². The van der Waals surface area contributed by atoms with Gasteiger partial charge in [0.15, 0.2) is 0 Å². The highest BCUT2D eigenvalue weighted by atomic mass is 32.2. The molecule has 0 radical (unpaired) electrons. The van der Waals surface area contributed by atoms with Crippen molar-refractivity contribution in [1.82, 2.24) is 4.90 Å². The molecule has 0 aromatic carbocycles. The van der Waals surface area contributed by atoms with Crippen molar-refractivity contribution in [3.05, 3.63) is 0 Å². The first-order valence-electron chi connectivity index (χ1n) is 6.97. The minimum Gasteiger partial charge on any atom is -0.481 e. The van der Waals surface area contributed by atoms with E-state index in [4.69, 9.17) is 0 Å². The number of thioether (sulfide) groups is 1. The van der Waals surface area contributed by atoms with Crippen LogP contribution in [0.2, 0.25) is 0 Å². The zero-order valence-corrected chi connectivity index (χ0v) is 12.9. The summed E-state index contributed by atoms with van der Waals surface area (Å²) in [6, 6.07) is 0.177. The van der Waals surface area contributed by atoms with Crippen molar-refractivity contribution < 1.29 is 14.7 Å². The van der Waals surface area contributed by atoms with E-state index in [1.165, 1.54) is 0 Å². The summed E-state index contributed by atoms with van der Waals surface area (Å²) in [5, 5.41) is 9.25. The molecule has 0 spiro atoms. The second-order valence-electron chi connectivity index (χ2n) is 5.42. The van der Waals surface area contributed by atoms with E-state index in [0.29, 0.717) is 6.42 Å². The number of carbonyl (C=O) groups excluding carboxylic acids is 1. The number of amides is 1. The van der Waals surface area contributed by atoms with Crippen LogP contribution in [-0.2, 0) is 9.59 Å². The lowest BCUT2D eigenvalue weighted by Gasteiger charge is -2.33. The zero-order valence-electron chi connectivity index (χ0n) is 12.1. The monoisotopic (exact) mass is 287 g/mol. The molecule has 0 heterocycles. The Labute approximate surface area is 119 Å². The standard InChI is InChI=1S/C14H25NO3S/c1-10(8-9-19-3)15(2)13(16)11-6-4-5-7-12(11)14(17)18/h10-12H,4-9H2,1-3H3,(H,17,18)/t10?,11-,12+/m1/s1. The van der Waals surface area contributed by atoms with Crippen LogP contribution in [0.1, 0.15) is 39.0 Å². The van der Waals surface area contributed by atoms with Crippen molar-refractivity contribution >= 4 is 23.6 Å². The maximum atomic E-state index is 12.5. The summed E-state index contributed by atoms with van der Waals surface area (Å²) in [4.78, 5) is 25.5. The normalized spacial score (nSPS) is 24.8. The summed E-state index contributed by atoms with van der Waals surface area (Å²) in [5.41, 5.74) is 0. The summed E-state index contributed by atoms with van der Waals surface area (Å²) in [7, 11) is 1.81. The SMILES string of the molecule is CSCCC(C)N(C)C(=O)[C@@H]1CCCC[C@@H]1C(=O)O. The molecule has 0 aliphatic heterocycles. The smallest absolute Gasteiger partial charge is 0.307 e. The van der Waals surface area contributed by atoms with Crippen LogP contribution in [-0.4, -0.2) is 47.0 Å². The number of aliphatic carboxylic acids is 1. The number of carbonyl (C=O) groups is 2. The van der Waals surface area contributed by atoms with E-state index in [0.717, 1.165) is 31.4 Å². The van der Waals surface area contributed by atoms with Gasteiger partial charge >= 0.3 is 5.97 Å². The first kappa shape index (κ1) is 16.3. The first-order valence-corrected chi connectivity index (χ1v) is 8.36. The molecule has 0 saturated heterocycles. The molecule has 1 amide bonds. The second kappa shape index (κ2) is 7.78. The fourth-order valence-electron chi connectivity index (χ4n) is 2.68. The molecule has 0 aromatic rings. The van der Waals surface area contributed by atoms with Crippen molar-refractivity contribution in [2.45, 2.75) is 45.1 Å². The quantitative estimate of drug-likeness (QED) is 0.815. The Bertz CT molecular complexity index is 322. The third kappa shape index (κ3) is 4.41. The molecule has 5 heteroatoms. The highest BCUT2D eigenvalue weighted by Gasteiger charge is 2.37. The van der Waals surface area contributed by atoms with Crippen LogP contribution in [0, 0.1) is 11.8 Å². The number of carboxylic acid groups (broad SMARTS) is 1. The molecule has 19 heavy (non-hydrogen) atoms. The number of hydrogen-bond acceptors (Lipinski definition) is 3. The van der Waals surface area contributed by atoms with Crippen LogP contribution in [0.25, 0.3) is 0 Å².